The zero-order valence-corrected chi connectivity index (χ0v) is 44.0. The molecule has 1 saturated heterocycles. The minimum Gasteiger partial charge on any atom is -0.396 e. The lowest BCUT2D eigenvalue weighted by Gasteiger charge is -2.65. The van der Waals surface area contributed by atoms with Crippen LogP contribution in [0.5, 0.6) is 0 Å². The van der Waals surface area contributed by atoms with Gasteiger partial charge < -0.3 is 51.6 Å². The number of aliphatic hydroxyl groups excluding tert-OH is 5. The first-order valence-electron chi connectivity index (χ1n) is 26.8. The molecule has 1 aromatic rings. The van der Waals surface area contributed by atoms with Gasteiger partial charge >= 0.3 is 0 Å². The van der Waals surface area contributed by atoms with Crippen LogP contribution in [-0.4, -0.2) is 119 Å². The van der Waals surface area contributed by atoms with E-state index in [1.54, 1.807) is 20.0 Å². The first-order chi connectivity index (χ1) is 32.8. The molecule has 1 aromatic heterocycles. The Labute approximate surface area is 419 Å². The number of hydrogen-bond donors (Lipinski definition) is 9. The van der Waals surface area contributed by atoms with Crippen LogP contribution in [0.1, 0.15) is 150 Å². The number of nitrogens with two attached hydrogens (primary N) is 1. The second kappa shape index (κ2) is 19.7. The number of aromatic nitrogens is 2. The van der Waals surface area contributed by atoms with E-state index in [0.717, 1.165) is 50.7 Å². The number of allylic oxidation sites excluding steroid dienone is 2. The molecule has 7 aliphatic carbocycles. The fourth-order valence-electron chi connectivity index (χ4n) is 17.6. The molecule has 386 valence electrons. The number of nitrogens with one attached hydrogen (secondary N) is 2. The average Bonchev–Trinajstić information content (AvgIpc) is 4.13. The van der Waals surface area contributed by atoms with E-state index in [-0.39, 0.29) is 66.4 Å². The van der Waals surface area contributed by atoms with E-state index in [9.17, 15) is 30.6 Å². The highest BCUT2D eigenvalue weighted by atomic mass is 33.1. The molecule has 15 atom stereocenters. The van der Waals surface area contributed by atoms with Crippen LogP contribution in [0.4, 0.5) is 0 Å². The van der Waals surface area contributed by atoms with Crippen molar-refractivity contribution in [1.82, 2.24) is 20.2 Å². The van der Waals surface area contributed by atoms with Crippen molar-refractivity contribution in [3.05, 3.63) is 41.5 Å². The molecule has 2 bridgehead atoms. The number of fused-ring (bicyclic) bond motifs is 10. The van der Waals surface area contributed by atoms with Gasteiger partial charge in [-0.25, -0.2) is 4.98 Å². The first kappa shape index (κ1) is 51.9. The smallest absolute Gasteiger partial charge is 0.190 e. The third kappa shape index (κ3) is 8.84. The molecule has 69 heavy (non-hydrogen) atoms. The van der Waals surface area contributed by atoms with Gasteiger partial charge in [-0.3, -0.25) is 9.79 Å². The number of rotatable bonds is 7. The fourth-order valence-corrected chi connectivity index (χ4v) is 21.4. The number of aliphatic imine (C=N–C) groups is 1. The normalized spacial score (nSPS) is 43.7. The SMILES string of the molecule is CNCC1C(O)C(O)CC2(C)C3C(=CC(=O)C12)C1(O)C2CC(C(C)C(O)CC(=C4CCCC5(CCCC5)C4)C(C)(C)CC(n4ccnc4)CSSC24CCCC4)C1(CO)CC3CN=C(N)NC(C)O. The van der Waals surface area contributed by atoms with Crippen molar-refractivity contribution in [3.63, 3.8) is 0 Å². The lowest BCUT2D eigenvalue weighted by atomic mass is 9.41. The molecule has 1 aliphatic heterocycles. The van der Waals surface area contributed by atoms with Crippen LogP contribution < -0.4 is 16.4 Å². The fraction of sp³-hybridized carbons (Fsp3) is 0.833. The summed E-state index contributed by atoms with van der Waals surface area (Å²) in [6.45, 7) is 10.8. The van der Waals surface area contributed by atoms with E-state index >= 15 is 4.79 Å². The van der Waals surface area contributed by atoms with Gasteiger partial charge in [-0.2, -0.15) is 0 Å². The first-order valence-corrected chi connectivity index (χ1v) is 29.1. The minimum absolute atomic E-state index is 0.0722. The van der Waals surface area contributed by atoms with Crippen LogP contribution in [-0.2, 0) is 4.79 Å². The Bertz CT molecular complexity index is 2100. The van der Waals surface area contributed by atoms with Gasteiger partial charge in [-0.15, -0.1) is 0 Å². The number of carbonyl (C=O) groups excluding carboxylic acids is 1. The Morgan fingerprint density at radius 2 is 1.72 bits per heavy atom. The third-order valence-electron chi connectivity index (χ3n) is 20.4. The summed E-state index contributed by atoms with van der Waals surface area (Å²) in [7, 11) is 5.62. The minimum atomic E-state index is -1.65. The van der Waals surface area contributed by atoms with Gasteiger partial charge in [0.15, 0.2) is 11.7 Å². The molecule has 2 spiro atoms. The lowest BCUT2D eigenvalue weighted by molar-refractivity contribution is -0.195. The van der Waals surface area contributed by atoms with E-state index < -0.39 is 63.5 Å². The highest BCUT2D eigenvalue weighted by Gasteiger charge is 2.77. The second-order valence-electron chi connectivity index (χ2n) is 24.8. The number of carbonyl (C=O) groups is 1. The van der Waals surface area contributed by atoms with Crippen molar-refractivity contribution in [2.75, 3.05) is 32.5 Å². The number of imidazole rings is 1. The quantitative estimate of drug-likeness (QED) is 0.0459. The Balaban J connectivity index is 1.23. The molecule has 15 unspecified atom stereocenters. The van der Waals surface area contributed by atoms with Crippen LogP contribution in [0, 0.1) is 63.1 Å². The van der Waals surface area contributed by atoms with Crippen molar-refractivity contribution in [2.24, 2.45) is 73.8 Å². The molecule has 13 nitrogen and oxygen atoms in total. The van der Waals surface area contributed by atoms with Crippen molar-refractivity contribution in [1.29, 1.82) is 0 Å². The van der Waals surface area contributed by atoms with Crippen molar-refractivity contribution >= 4 is 33.3 Å². The van der Waals surface area contributed by atoms with E-state index in [1.165, 1.54) is 49.7 Å². The summed E-state index contributed by atoms with van der Waals surface area (Å²) in [6, 6.07) is 0.136. The summed E-state index contributed by atoms with van der Waals surface area (Å²) in [4.78, 5) is 24.6. The van der Waals surface area contributed by atoms with E-state index in [0.29, 0.717) is 36.8 Å². The summed E-state index contributed by atoms with van der Waals surface area (Å²) < 4.78 is 1.88. The summed E-state index contributed by atoms with van der Waals surface area (Å²) in [6.07, 6.45) is 19.8. The second-order valence-corrected chi connectivity index (χ2v) is 27.5. The molecule has 6 saturated carbocycles. The number of nitrogens with zero attached hydrogens (tertiary/aromatic N) is 3. The molecule has 10 N–H and O–H groups in total. The number of ketones is 1. The third-order valence-corrected chi connectivity index (χ3v) is 23.9. The Morgan fingerprint density at radius 1 is 1.01 bits per heavy atom. The van der Waals surface area contributed by atoms with Crippen LogP contribution in [0.25, 0.3) is 0 Å². The molecule has 7 fully saturated rings. The average molecular weight is 995 g/mol. The molecule has 2 heterocycles. The van der Waals surface area contributed by atoms with Crippen molar-refractivity contribution < 1.29 is 35.4 Å². The van der Waals surface area contributed by atoms with Crippen LogP contribution in [0.15, 0.2) is 46.5 Å². The van der Waals surface area contributed by atoms with Gasteiger partial charge in [0.1, 0.15) is 6.23 Å². The molecule has 0 amide bonds. The number of guanidine groups is 1. The van der Waals surface area contributed by atoms with Crippen LogP contribution in [0.2, 0.25) is 0 Å². The Hall–Kier alpha value is -1.95. The predicted octanol–water partition coefficient (Wildman–Crippen LogP) is 6.68. The van der Waals surface area contributed by atoms with Gasteiger partial charge in [0.25, 0.3) is 0 Å². The van der Waals surface area contributed by atoms with Crippen LogP contribution in [0.3, 0.4) is 0 Å². The van der Waals surface area contributed by atoms with E-state index in [2.05, 4.69) is 54.1 Å². The predicted molar refractivity (Wildman–Crippen MR) is 275 cm³/mol. The van der Waals surface area contributed by atoms with Crippen molar-refractivity contribution in [3.8, 4) is 0 Å². The molecule has 0 aromatic carbocycles. The molecular weight excluding hydrogens is 909 g/mol. The molecule has 8 aliphatic rings. The molecular formula is C54H86N6O7S2. The van der Waals surface area contributed by atoms with Crippen molar-refractivity contribution in [2.45, 2.75) is 185 Å². The molecule has 9 rings (SSSR count). The molecule has 15 heteroatoms. The molecule has 0 radical (unpaired) electrons. The van der Waals surface area contributed by atoms with Gasteiger partial charge in [0.2, 0.25) is 0 Å². The van der Waals surface area contributed by atoms with Gasteiger partial charge in [-0.1, -0.05) is 86.1 Å². The van der Waals surface area contributed by atoms with E-state index in [4.69, 9.17) is 10.7 Å². The number of aliphatic hydroxyl groups is 6. The van der Waals surface area contributed by atoms with Gasteiger partial charge in [-0.05, 0) is 149 Å². The maximum Gasteiger partial charge on any atom is 0.190 e. The zero-order valence-electron chi connectivity index (χ0n) is 42.4. The summed E-state index contributed by atoms with van der Waals surface area (Å²) >= 11 is 0. The van der Waals surface area contributed by atoms with Gasteiger partial charge in [0, 0.05) is 65.2 Å². The van der Waals surface area contributed by atoms with Crippen LogP contribution >= 0.6 is 21.6 Å². The monoisotopic (exact) mass is 995 g/mol. The summed E-state index contributed by atoms with van der Waals surface area (Å²) in [5.41, 5.74) is 6.37. The topological polar surface area (TPSA) is 219 Å². The highest BCUT2D eigenvalue weighted by Crippen LogP contribution is 2.75. The standard InChI is InChI=1S/C54H86N6O7S2/c1-32-38-22-44(54(67)40-21-42(64)46-37(28-56-6)47(66)43(65)26-50(46,5)45(40)35(24-52(38,54)30-61)27-58-48(55)59-33(2)62)53(16-9-10-17-53)69-68-29-36(60-19-18-57-31-60)25-49(3,4)39(20-41(32)63)34-12-11-15-51(23-34)13-7-8-14-51/h18-19,21,31-33,35-38,41,43-47,56,61-63,65-67H,7-17,20,22-30H2,1-6H3,(H3,55,58,59). The van der Waals surface area contributed by atoms with E-state index in [1.807, 2.05) is 34.1 Å². The zero-order chi connectivity index (χ0) is 49.3. The summed E-state index contributed by atoms with van der Waals surface area (Å²) in [5, 5.41) is 80.1. The Kier molecular flexibility index (Phi) is 14.8. The Morgan fingerprint density at radius 3 is 2.39 bits per heavy atom. The summed E-state index contributed by atoms with van der Waals surface area (Å²) in [5.74, 6) is -2.32. The largest absolute Gasteiger partial charge is 0.396 e. The lowest BCUT2D eigenvalue weighted by Crippen LogP contribution is -2.69. The number of hydrogen-bond acceptors (Lipinski definition) is 12. The maximum absolute atomic E-state index is 15.2. The van der Waals surface area contributed by atoms with Gasteiger partial charge in [0.05, 0.1) is 36.8 Å². The highest BCUT2D eigenvalue weighted by molar-refractivity contribution is 8.77. The maximum atomic E-state index is 15.2.